The molecule has 1 aromatic carbocycles. The molecule has 0 aliphatic rings. The van der Waals surface area contributed by atoms with E-state index in [0.717, 1.165) is 12.1 Å². The van der Waals surface area contributed by atoms with Gasteiger partial charge in [0.1, 0.15) is 4.99 Å². The molecule has 0 aliphatic heterocycles. The standard InChI is InChI=1S/C14H22N2S/c1-14(2,3)9-10-16(4)12-7-5-11(6-8-12)13(15)17/h5-8H,9-10H2,1-4H3,(H2,15,17). The smallest absolute Gasteiger partial charge is 0.103 e. The molecule has 0 aromatic heterocycles. The van der Waals surface area contributed by atoms with Crippen molar-refractivity contribution >= 4 is 22.9 Å². The summed E-state index contributed by atoms with van der Waals surface area (Å²) in [6.07, 6.45) is 1.17. The van der Waals surface area contributed by atoms with Gasteiger partial charge in [-0.1, -0.05) is 33.0 Å². The molecule has 94 valence electrons. The minimum Gasteiger partial charge on any atom is -0.389 e. The van der Waals surface area contributed by atoms with Crippen molar-refractivity contribution in [3.8, 4) is 0 Å². The largest absolute Gasteiger partial charge is 0.389 e. The number of anilines is 1. The van der Waals surface area contributed by atoms with Crippen LogP contribution >= 0.6 is 12.2 Å². The molecule has 0 radical (unpaired) electrons. The molecule has 0 saturated heterocycles. The highest BCUT2D eigenvalue weighted by molar-refractivity contribution is 7.80. The van der Waals surface area contributed by atoms with E-state index in [0.29, 0.717) is 10.4 Å². The zero-order chi connectivity index (χ0) is 13.1. The van der Waals surface area contributed by atoms with Crippen LogP contribution in [0.5, 0.6) is 0 Å². The van der Waals surface area contributed by atoms with E-state index in [1.807, 2.05) is 12.1 Å². The fourth-order valence-corrected chi connectivity index (χ4v) is 1.65. The predicted molar refractivity (Wildman–Crippen MR) is 79.7 cm³/mol. The quantitative estimate of drug-likeness (QED) is 0.832. The van der Waals surface area contributed by atoms with Gasteiger partial charge in [-0.25, -0.2) is 0 Å². The van der Waals surface area contributed by atoms with Crippen LogP contribution in [0, 0.1) is 5.41 Å². The molecular weight excluding hydrogens is 228 g/mol. The molecule has 0 spiro atoms. The van der Waals surface area contributed by atoms with Crippen molar-refractivity contribution in [2.24, 2.45) is 11.1 Å². The summed E-state index contributed by atoms with van der Waals surface area (Å²) in [5.41, 5.74) is 8.07. The summed E-state index contributed by atoms with van der Waals surface area (Å²) in [4.78, 5) is 2.71. The molecule has 1 rings (SSSR count). The van der Waals surface area contributed by atoms with Crippen LogP contribution in [0.4, 0.5) is 5.69 Å². The number of rotatable bonds is 4. The van der Waals surface area contributed by atoms with E-state index in [1.54, 1.807) is 0 Å². The van der Waals surface area contributed by atoms with Gasteiger partial charge in [0.05, 0.1) is 0 Å². The summed E-state index contributed by atoms with van der Waals surface area (Å²) in [5, 5.41) is 0. The van der Waals surface area contributed by atoms with Crippen molar-refractivity contribution in [3.05, 3.63) is 29.8 Å². The van der Waals surface area contributed by atoms with Gasteiger partial charge in [0, 0.05) is 24.8 Å². The molecule has 0 amide bonds. The van der Waals surface area contributed by atoms with Crippen molar-refractivity contribution in [2.75, 3.05) is 18.5 Å². The first kappa shape index (κ1) is 14.0. The Morgan fingerprint density at radius 1 is 1.24 bits per heavy atom. The number of thiocarbonyl (C=S) groups is 1. The molecule has 17 heavy (non-hydrogen) atoms. The molecule has 0 saturated carbocycles. The number of hydrogen-bond acceptors (Lipinski definition) is 2. The van der Waals surface area contributed by atoms with Crippen LogP contribution in [0.25, 0.3) is 0 Å². The normalized spacial score (nSPS) is 11.3. The summed E-state index contributed by atoms with van der Waals surface area (Å²) < 4.78 is 0. The zero-order valence-electron chi connectivity index (χ0n) is 11.2. The lowest BCUT2D eigenvalue weighted by Crippen LogP contribution is -2.23. The van der Waals surface area contributed by atoms with Gasteiger partial charge < -0.3 is 10.6 Å². The van der Waals surface area contributed by atoms with E-state index in [9.17, 15) is 0 Å². The number of benzene rings is 1. The van der Waals surface area contributed by atoms with Crippen LogP contribution in [-0.4, -0.2) is 18.6 Å². The predicted octanol–water partition coefficient (Wildman–Crippen LogP) is 3.19. The topological polar surface area (TPSA) is 29.3 Å². The van der Waals surface area contributed by atoms with E-state index >= 15 is 0 Å². The Morgan fingerprint density at radius 3 is 2.18 bits per heavy atom. The van der Waals surface area contributed by atoms with E-state index in [4.69, 9.17) is 18.0 Å². The third kappa shape index (κ3) is 4.73. The minimum atomic E-state index is 0.368. The minimum absolute atomic E-state index is 0.368. The van der Waals surface area contributed by atoms with Gasteiger partial charge in [-0.05, 0) is 36.1 Å². The molecular formula is C14H22N2S. The highest BCUT2D eigenvalue weighted by Crippen LogP contribution is 2.21. The molecule has 0 fully saturated rings. The third-order valence-electron chi connectivity index (χ3n) is 2.79. The molecule has 3 heteroatoms. The molecule has 0 atom stereocenters. The second kappa shape index (κ2) is 5.50. The Hall–Kier alpha value is -1.09. The third-order valence-corrected chi connectivity index (χ3v) is 3.03. The number of hydrogen-bond donors (Lipinski definition) is 1. The van der Waals surface area contributed by atoms with Crippen LogP contribution in [0.15, 0.2) is 24.3 Å². The van der Waals surface area contributed by atoms with Crippen LogP contribution in [-0.2, 0) is 0 Å². The van der Waals surface area contributed by atoms with Crippen molar-refractivity contribution in [1.82, 2.24) is 0 Å². The average Bonchev–Trinajstić information content (AvgIpc) is 2.25. The summed E-state index contributed by atoms with van der Waals surface area (Å²) in [5.74, 6) is 0. The average molecular weight is 250 g/mol. The lowest BCUT2D eigenvalue weighted by atomic mass is 9.92. The van der Waals surface area contributed by atoms with Crippen LogP contribution in [0.3, 0.4) is 0 Å². The van der Waals surface area contributed by atoms with E-state index < -0.39 is 0 Å². The molecule has 1 aromatic rings. The van der Waals surface area contributed by atoms with Gasteiger partial charge in [0.25, 0.3) is 0 Å². The van der Waals surface area contributed by atoms with E-state index in [2.05, 4.69) is 44.9 Å². The van der Waals surface area contributed by atoms with Gasteiger partial charge in [-0.3, -0.25) is 0 Å². The van der Waals surface area contributed by atoms with Crippen LogP contribution < -0.4 is 10.6 Å². The summed E-state index contributed by atoms with van der Waals surface area (Å²) in [7, 11) is 2.11. The molecule has 0 bridgehead atoms. The van der Waals surface area contributed by atoms with Gasteiger partial charge in [0.2, 0.25) is 0 Å². The maximum Gasteiger partial charge on any atom is 0.103 e. The lowest BCUT2D eigenvalue weighted by Gasteiger charge is -2.25. The first-order valence-electron chi connectivity index (χ1n) is 5.90. The monoisotopic (exact) mass is 250 g/mol. The first-order chi connectivity index (χ1) is 7.79. The highest BCUT2D eigenvalue weighted by atomic mass is 32.1. The number of nitrogens with two attached hydrogens (primary N) is 1. The Morgan fingerprint density at radius 2 is 1.76 bits per heavy atom. The Labute approximate surface area is 110 Å². The molecule has 0 unspecified atom stereocenters. The lowest BCUT2D eigenvalue weighted by molar-refractivity contribution is 0.381. The molecule has 2 nitrogen and oxygen atoms in total. The summed E-state index contributed by atoms with van der Waals surface area (Å²) in [6.45, 7) is 7.83. The van der Waals surface area contributed by atoms with Gasteiger partial charge in [-0.15, -0.1) is 0 Å². The zero-order valence-corrected chi connectivity index (χ0v) is 12.0. The Bertz CT molecular complexity index is 376. The second-order valence-electron chi connectivity index (χ2n) is 5.64. The fraction of sp³-hybridized carbons (Fsp3) is 0.500. The fourth-order valence-electron chi connectivity index (χ4n) is 1.51. The van der Waals surface area contributed by atoms with Crippen molar-refractivity contribution in [1.29, 1.82) is 0 Å². The van der Waals surface area contributed by atoms with Gasteiger partial charge in [-0.2, -0.15) is 0 Å². The van der Waals surface area contributed by atoms with Gasteiger partial charge >= 0.3 is 0 Å². The highest BCUT2D eigenvalue weighted by Gasteiger charge is 2.11. The summed E-state index contributed by atoms with van der Waals surface area (Å²) >= 11 is 4.94. The maximum atomic E-state index is 5.57. The van der Waals surface area contributed by atoms with Crippen molar-refractivity contribution < 1.29 is 0 Å². The van der Waals surface area contributed by atoms with Crippen molar-refractivity contribution in [2.45, 2.75) is 27.2 Å². The first-order valence-corrected chi connectivity index (χ1v) is 6.31. The van der Waals surface area contributed by atoms with Crippen LogP contribution in [0.2, 0.25) is 0 Å². The maximum absolute atomic E-state index is 5.57. The SMILES string of the molecule is CN(CCC(C)(C)C)c1ccc(C(N)=S)cc1. The Kier molecular flexibility index (Phi) is 4.52. The molecule has 2 N–H and O–H groups in total. The second-order valence-corrected chi connectivity index (χ2v) is 6.08. The molecule has 0 heterocycles. The van der Waals surface area contributed by atoms with Crippen LogP contribution in [0.1, 0.15) is 32.8 Å². The van der Waals surface area contributed by atoms with E-state index in [-0.39, 0.29) is 0 Å². The molecule has 0 aliphatic carbocycles. The summed E-state index contributed by atoms with van der Waals surface area (Å²) in [6, 6.07) is 8.09. The van der Waals surface area contributed by atoms with E-state index in [1.165, 1.54) is 12.1 Å². The Balaban J connectivity index is 2.63. The van der Waals surface area contributed by atoms with Gasteiger partial charge in [0.15, 0.2) is 0 Å². The van der Waals surface area contributed by atoms with Crippen molar-refractivity contribution in [3.63, 3.8) is 0 Å². The number of nitrogens with zero attached hydrogens (tertiary/aromatic N) is 1.